The first-order valence-electron chi connectivity index (χ1n) is 9.98. The molecule has 2 aromatic carbocycles. The molecule has 7 heteroatoms. The van der Waals surface area contributed by atoms with Crippen LogP contribution in [0.1, 0.15) is 54.0 Å². The van der Waals surface area contributed by atoms with Gasteiger partial charge in [0.05, 0.1) is 12.7 Å². The third-order valence-electron chi connectivity index (χ3n) is 4.59. The number of fused-ring (bicyclic) bond motifs is 1. The maximum Gasteiger partial charge on any atom is 0.279 e. The maximum atomic E-state index is 13.6. The lowest BCUT2D eigenvalue weighted by Gasteiger charge is -2.31. The molecule has 0 radical (unpaired) electrons. The van der Waals surface area contributed by atoms with Crippen LogP contribution in [-0.2, 0) is 6.42 Å². The van der Waals surface area contributed by atoms with Gasteiger partial charge in [-0.2, -0.15) is 0 Å². The second kappa shape index (κ2) is 8.75. The minimum Gasteiger partial charge on any atom is -0.496 e. The summed E-state index contributed by atoms with van der Waals surface area (Å²) in [7, 11) is 1.49. The Balaban J connectivity index is 2.07. The van der Waals surface area contributed by atoms with E-state index in [4.69, 9.17) is 14.2 Å². The van der Waals surface area contributed by atoms with E-state index in [0.29, 0.717) is 53.6 Å². The van der Waals surface area contributed by atoms with Crippen molar-refractivity contribution in [1.82, 2.24) is 10.4 Å². The summed E-state index contributed by atoms with van der Waals surface area (Å²) < 4.78 is 16.7. The first kappa shape index (κ1) is 21.6. The number of carbonyl (C=O) groups is 2. The van der Waals surface area contributed by atoms with Crippen molar-refractivity contribution in [2.75, 3.05) is 20.3 Å². The number of nitrogens with one attached hydrogen (secondary N) is 1. The smallest absolute Gasteiger partial charge is 0.279 e. The van der Waals surface area contributed by atoms with Crippen LogP contribution >= 0.6 is 0 Å². The average molecular weight is 412 g/mol. The monoisotopic (exact) mass is 412 g/mol. The summed E-state index contributed by atoms with van der Waals surface area (Å²) in [6, 6.07) is 10.2. The van der Waals surface area contributed by atoms with Crippen LogP contribution in [0, 0.1) is 0 Å². The van der Waals surface area contributed by atoms with Crippen molar-refractivity contribution in [3.05, 3.63) is 53.1 Å². The molecule has 160 valence electrons. The molecule has 0 fully saturated rings. The number of rotatable bonds is 5. The average Bonchev–Trinajstić information content (AvgIpc) is 2.75. The van der Waals surface area contributed by atoms with Crippen molar-refractivity contribution in [1.29, 1.82) is 0 Å². The van der Waals surface area contributed by atoms with Crippen LogP contribution in [-0.4, -0.2) is 42.7 Å². The molecule has 0 atom stereocenters. The Morgan fingerprint density at radius 3 is 2.37 bits per heavy atom. The molecule has 0 saturated carbocycles. The minimum absolute atomic E-state index is 0.292. The Kier molecular flexibility index (Phi) is 6.31. The van der Waals surface area contributed by atoms with Crippen molar-refractivity contribution in [2.45, 2.75) is 39.7 Å². The second-order valence-corrected chi connectivity index (χ2v) is 7.98. The largest absolute Gasteiger partial charge is 0.496 e. The van der Waals surface area contributed by atoms with Crippen LogP contribution in [0.4, 0.5) is 0 Å². The van der Waals surface area contributed by atoms with E-state index >= 15 is 0 Å². The van der Waals surface area contributed by atoms with Crippen LogP contribution in [0.15, 0.2) is 36.4 Å². The van der Waals surface area contributed by atoms with Crippen LogP contribution in [0.25, 0.3) is 0 Å². The van der Waals surface area contributed by atoms with Gasteiger partial charge in [-0.15, -0.1) is 0 Å². The number of methoxy groups -OCH3 is 1. The summed E-state index contributed by atoms with van der Waals surface area (Å²) in [4.78, 5) is 27.0. The van der Waals surface area contributed by atoms with Gasteiger partial charge in [0.1, 0.15) is 19.0 Å². The molecule has 30 heavy (non-hydrogen) atoms. The maximum absolute atomic E-state index is 13.6. The van der Waals surface area contributed by atoms with Crippen molar-refractivity contribution in [2.24, 2.45) is 0 Å². The molecule has 1 heterocycles. The van der Waals surface area contributed by atoms with E-state index < -0.39 is 17.4 Å². The quantitative estimate of drug-likeness (QED) is 0.597. The lowest BCUT2D eigenvalue weighted by atomic mass is 10.0. The predicted molar refractivity (Wildman–Crippen MR) is 113 cm³/mol. The zero-order valence-electron chi connectivity index (χ0n) is 18.1. The summed E-state index contributed by atoms with van der Waals surface area (Å²) in [6.07, 6.45) is 0.555. The molecule has 0 saturated heterocycles. The topological polar surface area (TPSA) is 77.1 Å². The van der Waals surface area contributed by atoms with Gasteiger partial charge in [0.2, 0.25) is 0 Å². The Hall–Kier alpha value is -3.06. The zero-order valence-corrected chi connectivity index (χ0v) is 18.1. The van der Waals surface area contributed by atoms with E-state index in [9.17, 15) is 9.59 Å². The summed E-state index contributed by atoms with van der Waals surface area (Å²) in [5.41, 5.74) is 3.90. The number of carbonyl (C=O) groups excluding carboxylic acids is 2. The molecule has 0 aliphatic carbocycles. The molecule has 0 unspecified atom stereocenters. The van der Waals surface area contributed by atoms with Crippen LogP contribution in [0.5, 0.6) is 17.2 Å². The van der Waals surface area contributed by atoms with Gasteiger partial charge in [-0.05, 0) is 51.5 Å². The molecular formula is C23H28N2O5. The standard InChI is InChI=1S/C23H28N2O5/c1-6-15-16(11-12-19-20(15)30-14-13-29-19)21(26)25(24-23(2,3)4)22(27)17-9-7-8-10-18(17)28-5/h7-12,24H,6,13-14H2,1-5H3. The van der Waals surface area contributed by atoms with Crippen molar-refractivity contribution in [3.63, 3.8) is 0 Å². The predicted octanol–water partition coefficient (Wildman–Crippen LogP) is 3.61. The number of para-hydroxylation sites is 1. The Labute approximate surface area is 176 Å². The van der Waals surface area contributed by atoms with Gasteiger partial charge in [0.25, 0.3) is 11.8 Å². The number of imide groups is 1. The number of hydrazine groups is 1. The highest BCUT2D eigenvalue weighted by Crippen LogP contribution is 2.37. The van der Waals surface area contributed by atoms with Crippen molar-refractivity contribution in [3.8, 4) is 17.2 Å². The zero-order chi connectivity index (χ0) is 21.9. The van der Waals surface area contributed by atoms with Gasteiger partial charge < -0.3 is 14.2 Å². The molecule has 1 aliphatic rings. The SMILES string of the molecule is CCc1c(C(=O)N(NC(C)(C)C)C(=O)c2ccccc2OC)ccc2c1OCCO2. The van der Waals surface area contributed by atoms with Gasteiger partial charge in [0.15, 0.2) is 11.5 Å². The third-order valence-corrected chi connectivity index (χ3v) is 4.59. The van der Waals surface area contributed by atoms with Gasteiger partial charge in [-0.25, -0.2) is 10.4 Å². The molecule has 1 N–H and O–H groups in total. The third kappa shape index (κ3) is 4.41. The Morgan fingerprint density at radius 1 is 1.03 bits per heavy atom. The van der Waals surface area contributed by atoms with Gasteiger partial charge in [0, 0.05) is 16.7 Å². The van der Waals surface area contributed by atoms with Crippen molar-refractivity contribution >= 4 is 11.8 Å². The van der Waals surface area contributed by atoms with E-state index in [1.165, 1.54) is 7.11 Å². The molecule has 2 amide bonds. The first-order valence-corrected chi connectivity index (χ1v) is 9.98. The second-order valence-electron chi connectivity index (χ2n) is 7.98. The highest BCUT2D eigenvalue weighted by Gasteiger charge is 2.32. The number of hydrogen-bond acceptors (Lipinski definition) is 6. The summed E-state index contributed by atoms with van der Waals surface area (Å²) in [6.45, 7) is 8.47. The highest BCUT2D eigenvalue weighted by atomic mass is 16.6. The molecule has 7 nitrogen and oxygen atoms in total. The molecule has 1 aliphatic heterocycles. The fraction of sp³-hybridized carbons (Fsp3) is 0.391. The summed E-state index contributed by atoms with van der Waals surface area (Å²) in [5, 5.41) is 1.06. The van der Waals surface area contributed by atoms with E-state index in [1.54, 1.807) is 36.4 Å². The van der Waals surface area contributed by atoms with Crippen LogP contribution < -0.4 is 19.6 Å². The van der Waals surface area contributed by atoms with E-state index in [-0.39, 0.29) is 0 Å². The van der Waals surface area contributed by atoms with E-state index in [0.717, 1.165) is 5.01 Å². The Morgan fingerprint density at radius 2 is 1.70 bits per heavy atom. The van der Waals surface area contributed by atoms with Crippen molar-refractivity contribution < 1.29 is 23.8 Å². The highest BCUT2D eigenvalue weighted by molar-refractivity contribution is 6.11. The van der Waals surface area contributed by atoms with E-state index in [1.807, 2.05) is 27.7 Å². The molecule has 0 aromatic heterocycles. The fourth-order valence-electron chi connectivity index (χ4n) is 3.32. The number of ether oxygens (including phenoxy) is 3. The lowest BCUT2D eigenvalue weighted by molar-refractivity contribution is 0.0449. The number of benzene rings is 2. The molecule has 0 bridgehead atoms. The number of hydrogen-bond donors (Lipinski definition) is 1. The summed E-state index contributed by atoms with van der Waals surface area (Å²) in [5.74, 6) is 0.615. The van der Waals surface area contributed by atoms with Gasteiger partial charge >= 0.3 is 0 Å². The van der Waals surface area contributed by atoms with E-state index in [2.05, 4.69) is 5.43 Å². The Bertz CT molecular complexity index is 949. The molecule has 2 aromatic rings. The van der Waals surface area contributed by atoms with Gasteiger partial charge in [-0.1, -0.05) is 19.1 Å². The lowest BCUT2D eigenvalue weighted by Crippen LogP contribution is -2.55. The number of nitrogens with zero attached hydrogens (tertiary/aromatic N) is 1. The molecule has 0 spiro atoms. The minimum atomic E-state index is -0.534. The molecule has 3 rings (SSSR count). The molecular weight excluding hydrogens is 384 g/mol. The van der Waals surface area contributed by atoms with Gasteiger partial charge in [-0.3, -0.25) is 9.59 Å². The normalized spacial score (nSPS) is 13.0. The number of amides is 2. The van der Waals surface area contributed by atoms with Crippen LogP contribution in [0.2, 0.25) is 0 Å². The fourth-order valence-corrected chi connectivity index (χ4v) is 3.32. The van der Waals surface area contributed by atoms with Crippen LogP contribution in [0.3, 0.4) is 0 Å². The first-order chi connectivity index (χ1) is 14.3. The summed E-state index contributed by atoms with van der Waals surface area (Å²) >= 11 is 0.